The van der Waals surface area contributed by atoms with Crippen LogP contribution in [0.3, 0.4) is 0 Å². The zero-order chi connectivity index (χ0) is 77.9. The maximum Gasteiger partial charge on any atom is 0.472 e. The van der Waals surface area contributed by atoms with Crippen molar-refractivity contribution in [1.82, 2.24) is 0 Å². The molecule has 0 amide bonds. The Morgan fingerprint density at radius 3 is 0.347 bits per heavy atom. The van der Waals surface area contributed by atoms with Crippen LogP contribution in [0.25, 0.3) is 0 Å². The summed E-state index contributed by atoms with van der Waals surface area (Å²) in [6.45, 7) is 86.5. The van der Waals surface area contributed by atoms with Crippen LogP contribution in [0.1, 0.15) is 160 Å². The highest BCUT2D eigenvalue weighted by atomic mass is 79.9. The zero-order valence-electron chi connectivity index (χ0n) is 68.7. The Morgan fingerprint density at radius 2 is 0.265 bits per heavy atom. The highest BCUT2D eigenvalue weighted by Crippen LogP contribution is 2.53. The summed E-state index contributed by atoms with van der Waals surface area (Å²) in [6, 6.07) is 0. The Hall–Kier alpha value is 7.31. The molecule has 0 aromatic rings. The highest BCUT2D eigenvalue weighted by Gasteiger charge is 2.71. The van der Waals surface area contributed by atoms with Crippen LogP contribution < -0.4 is 0 Å². The Labute approximate surface area is 698 Å². The van der Waals surface area contributed by atoms with E-state index in [9.17, 15) is 0 Å². The van der Waals surface area contributed by atoms with Gasteiger partial charge in [-0.15, -0.1) is 0 Å². The van der Waals surface area contributed by atoms with Crippen molar-refractivity contribution in [1.29, 1.82) is 0 Å². The van der Waals surface area contributed by atoms with E-state index in [1.54, 1.807) is 0 Å². The predicted molar refractivity (Wildman–Crippen MR) is 501 cm³/mol. The lowest BCUT2D eigenvalue weighted by Gasteiger charge is -2.56. The van der Waals surface area contributed by atoms with E-state index in [1.165, 1.54) is 0 Å². The monoisotopic (exact) mass is 2230 g/mol. The standard InChI is InChI=1S/C61H147Br9O12Si16/c1-38-50(62)83(13,14)74-96(75-84(15,16)51(63)39-2,76-85(17,18)52(64)40-3)59(47-10)92(31,32)71-95(37,72-93(33,34)60(48-11)97(77-86(19,20)53(65)41-4,78-87(21,22)54(66)42-5)79-88(23,24)55(67)43-6)73-94(35,36)61(49-12)98(80-89(25,26)56(68)44-7,81-90(27,28)57(69)45-8)82-91(29,30)58(70)46-9/h50-61H,38-49H2,1-37H3. The van der Waals surface area contributed by atoms with Crippen molar-refractivity contribution in [3.05, 3.63) is 0 Å². The topological polar surface area (TPSA) is 111 Å². The lowest BCUT2D eigenvalue weighted by atomic mass is 10.6. The zero-order valence-corrected chi connectivity index (χ0v) is 99.0. The van der Waals surface area contributed by atoms with Crippen LogP contribution in [0, 0.1) is 0 Å². The van der Waals surface area contributed by atoms with Gasteiger partial charge in [-0.25, -0.2) is 0 Å². The predicted octanol–water partition coefficient (Wildman–Crippen LogP) is 26.4. The van der Waals surface area contributed by atoms with Gasteiger partial charge in [-0.1, -0.05) is 226 Å². The van der Waals surface area contributed by atoms with Crippen LogP contribution >= 0.6 is 143 Å². The van der Waals surface area contributed by atoms with Gasteiger partial charge in [0.25, 0.3) is 0 Å². The second kappa shape index (κ2) is 41.7. The first-order valence-corrected chi connectivity index (χ1v) is 88.8. The average Bonchev–Trinajstić information content (AvgIpc) is 0.744. The smallest absolute Gasteiger partial charge is 0.416 e. The summed E-state index contributed by atoms with van der Waals surface area (Å²) in [6.07, 6.45) is 10.3. The molecule has 37 heteroatoms. The molecule has 98 heavy (non-hydrogen) atoms. The summed E-state index contributed by atoms with van der Waals surface area (Å²) < 4.78 is 102. The Bertz CT molecular complexity index is 1940. The molecule has 12 atom stereocenters. The Kier molecular flexibility index (Phi) is 44.9. The van der Waals surface area contributed by atoms with Gasteiger partial charge in [-0.3, -0.25) is 0 Å². The van der Waals surface area contributed by atoms with Crippen molar-refractivity contribution in [2.45, 2.75) is 379 Å². The molecule has 12 unspecified atom stereocenters. The fourth-order valence-corrected chi connectivity index (χ4v) is 108. The molecule has 0 saturated heterocycles. The summed E-state index contributed by atoms with van der Waals surface area (Å²) in [5, 5.41) is -0.737. The van der Waals surface area contributed by atoms with E-state index in [1.807, 2.05) is 0 Å². The molecule has 0 aromatic heterocycles. The van der Waals surface area contributed by atoms with E-state index in [0.29, 0.717) is 19.3 Å². The number of hydrogen-bond donors (Lipinski definition) is 0. The summed E-state index contributed by atoms with van der Waals surface area (Å²) in [7, 11) is -50.3. The number of halogens is 9. The van der Waals surface area contributed by atoms with Gasteiger partial charge < -0.3 is 49.4 Å². The van der Waals surface area contributed by atoms with Crippen LogP contribution in [0.15, 0.2) is 0 Å². The van der Waals surface area contributed by atoms with Gasteiger partial charge in [0.05, 0.1) is 0 Å². The van der Waals surface area contributed by atoms with Gasteiger partial charge in [0.1, 0.15) is 0 Å². The van der Waals surface area contributed by atoms with Gasteiger partial charge in [0.15, 0.2) is 99.8 Å². The van der Waals surface area contributed by atoms with Crippen LogP contribution in [0.4, 0.5) is 0 Å². The lowest BCUT2D eigenvalue weighted by Crippen LogP contribution is -2.74. The van der Waals surface area contributed by atoms with Gasteiger partial charge in [0, 0.05) is 62.1 Å². The van der Waals surface area contributed by atoms with Crippen molar-refractivity contribution in [2.24, 2.45) is 0 Å². The quantitative estimate of drug-likeness (QED) is 0.0427. The number of rotatable bonds is 51. The van der Waals surface area contributed by atoms with Gasteiger partial charge >= 0.3 is 35.2 Å². The first-order chi connectivity index (χ1) is 43.9. The third kappa shape index (κ3) is 28.9. The summed E-state index contributed by atoms with van der Waals surface area (Å²) in [5.41, 5.74) is 0. The molecular weight excluding hydrogens is 2090 g/mol. The van der Waals surface area contributed by atoms with E-state index in [2.05, 4.69) is 390 Å². The van der Waals surface area contributed by atoms with Crippen LogP contribution in [-0.2, 0) is 49.4 Å². The number of hydrogen-bond acceptors (Lipinski definition) is 12. The Morgan fingerprint density at radius 1 is 0.163 bits per heavy atom. The third-order valence-corrected chi connectivity index (χ3v) is 132. The third-order valence-electron chi connectivity index (χ3n) is 20.0. The van der Waals surface area contributed by atoms with E-state index in [-0.39, 0.29) is 55.5 Å². The molecule has 0 aliphatic heterocycles. The molecule has 0 saturated carbocycles. The average molecular weight is 2240 g/mol. The lowest BCUT2D eigenvalue weighted by molar-refractivity contribution is 0.217. The molecule has 0 fully saturated rings. The van der Waals surface area contributed by atoms with Crippen molar-refractivity contribution in [3.8, 4) is 0 Å². The first-order valence-electron chi connectivity index (χ1n) is 37.1. The van der Waals surface area contributed by atoms with Gasteiger partial charge in [0.2, 0.25) is 0 Å². The molecule has 590 valence electrons. The van der Waals surface area contributed by atoms with E-state index in [0.717, 1.165) is 57.8 Å². The largest absolute Gasteiger partial charge is 0.472 e. The molecule has 0 aliphatic rings. The minimum Gasteiger partial charge on any atom is -0.416 e. The maximum atomic E-state index is 8.72. The molecule has 0 aromatic carbocycles. The number of alkyl halides is 9. The molecule has 0 aliphatic carbocycles. The molecular formula is C61H147Br9O12Si16. The van der Waals surface area contributed by atoms with Crippen LogP contribution in [0.2, 0.25) is 179 Å². The van der Waals surface area contributed by atoms with E-state index >= 15 is 0 Å². The summed E-state index contributed by atoms with van der Waals surface area (Å²) >= 11 is 38.1. The summed E-state index contributed by atoms with van der Waals surface area (Å²) in [5.74, 6) is 0. The van der Waals surface area contributed by atoms with E-state index in [4.69, 9.17) is 49.4 Å². The van der Waals surface area contributed by atoms with Gasteiger partial charge in [-0.05, 0) is 234 Å². The SMILES string of the molecule is CCC(Br)[Si](C)(C)O[Si](O[Si](C)(C)C(Br)CC)(O[Si](C)(C)C(Br)CC)C(CC)[Si](C)(C)O[Si](C)(O[Si](C)(C)C(CC)[Si](O[Si](C)(C)C(Br)CC)(O[Si](C)(C)C(Br)CC)O[Si](C)(C)C(Br)CC)O[Si](C)(C)C(CC)[Si](O[Si](C)(C)C(Br)CC)(O[Si](C)(C)C(Br)CC)O[Si](C)(C)C(Br)CC. The molecule has 0 bridgehead atoms. The molecule has 0 rings (SSSR count). The van der Waals surface area contributed by atoms with Crippen molar-refractivity contribution in [2.75, 3.05) is 0 Å². The van der Waals surface area contributed by atoms with Crippen molar-refractivity contribution < 1.29 is 49.4 Å². The second-order valence-electron chi connectivity index (χ2n) is 33.9. The maximum absolute atomic E-state index is 8.72. The Balaban J connectivity index is 10.7. The molecule has 0 N–H and O–H groups in total. The van der Waals surface area contributed by atoms with E-state index < -0.39 is 135 Å². The minimum atomic E-state index is -4.14. The molecule has 12 nitrogen and oxygen atoms in total. The van der Waals surface area contributed by atoms with Crippen molar-refractivity contribution in [3.63, 3.8) is 0 Å². The molecule has 0 heterocycles. The fraction of sp³-hybridized carbons (Fsp3) is 1.00. The van der Waals surface area contributed by atoms with Crippen molar-refractivity contribution >= 4 is 278 Å². The first kappa shape index (κ1) is 105. The summed E-state index contributed by atoms with van der Waals surface area (Å²) in [4.78, 5) is 0. The minimum absolute atomic E-state index is 0.138. The molecule has 0 spiro atoms. The van der Waals surface area contributed by atoms with Gasteiger partial charge in [-0.2, -0.15) is 0 Å². The molecule has 0 radical (unpaired) electrons. The fourth-order valence-electron chi connectivity index (χ4n) is 14.3. The van der Waals surface area contributed by atoms with Crippen LogP contribution in [-0.4, -0.2) is 175 Å². The highest BCUT2D eigenvalue weighted by molar-refractivity contribution is 9.11. The van der Waals surface area contributed by atoms with Crippen LogP contribution in [0.5, 0.6) is 0 Å². The second-order valence-corrected chi connectivity index (χ2v) is 117. The normalized spacial score (nSPS) is 20.8.